The summed E-state index contributed by atoms with van der Waals surface area (Å²) in [5.41, 5.74) is 5.52. The standard InChI is InChI=1S/C12H12N2/c1-2-8-3-7(1)9-4-11-12(5-10(8)9)14-6-13-11/h4-8H,1-3H2,(H,13,14). The van der Waals surface area contributed by atoms with E-state index in [1.807, 2.05) is 0 Å². The van der Waals surface area contributed by atoms with Crippen molar-refractivity contribution in [1.29, 1.82) is 0 Å². The molecule has 70 valence electrons. The Balaban J connectivity index is 2.08. The predicted octanol–water partition coefficient (Wildman–Crippen LogP) is 2.93. The normalized spacial score (nSPS) is 28.6. The van der Waals surface area contributed by atoms with E-state index in [2.05, 4.69) is 22.1 Å². The predicted molar refractivity (Wildman–Crippen MR) is 55.4 cm³/mol. The van der Waals surface area contributed by atoms with Crippen molar-refractivity contribution in [3.05, 3.63) is 29.6 Å². The lowest BCUT2D eigenvalue weighted by Gasteiger charge is -2.14. The Bertz CT molecular complexity index is 468. The van der Waals surface area contributed by atoms with Crippen molar-refractivity contribution in [3.63, 3.8) is 0 Å². The molecule has 4 rings (SSSR count). The molecule has 2 aliphatic carbocycles. The second-order valence-electron chi connectivity index (χ2n) is 4.61. The van der Waals surface area contributed by atoms with Crippen molar-refractivity contribution >= 4 is 11.0 Å². The summed E-state index contributed by atoms with van der Waals surface area (Å²) < 4.78 is 0. The lowest BCUT2D eigenvalue weighted by molar-refractivity contribution is 0.719. The lowest BCUT2D eigenvalue weighted by Crippen LogP contribution is -1.97. The first-order chi connectivity index (χ1) is 6.92. The molecule has 1 aromatic heterocycles. The first-order valence-corrected chi connectivity index (χ1v) is 5.39. The van der Waals surface area contributed by atoms with E-state index in [0.717, 1.165) is 17.4 Å². The molecule has 2 aromatic rings. The van der Waals surface area contributed by atoms with Gasteiger partial charge in [-0.3, -0.25) is 0 Å². The van der Waals surface area contributed by atoms with Gasteiger partial charge in [0, 0.05) is 0 Å². The second kappa shape index (κ2) is 2.19. The molecule has 1 fully saturated rings. The van der Waals surface area contributed by atoms with Gasteiger partial charge in [0.2, 0.25) is 0 Å². The Kier molecular flexibility index (Phi) is 1.10. The topological polar surface area (TPSA) is 28.7 Å². The minimum absolute atomic E-state index is 0.844. The summed E-state index contributed by atoms with van der Waals surface area (Å²) in [5, 5.41) is 0. The zero-order chi connectivity index (χ0) is 9.12. The molecule has 2 bridgehead atoms. The number of nitrogens with zero attached hydrogens (tertiary/aromatic N) is 1. The van der Waals surface area contributed by atoms with Crippen molar-refractivity contribution < 1.29 is 0 Å². The number of hydrogen-bond acceptors (Lipinski definition) is 1. The largest absolute Gasteiger partial charge is 0.345 e. The van der Waals surface area contributed by atoms with Crippen LogP contribution >= 0.6 is 0 Å². The van der Waals surface area contributed by atoms with Gasteiger partial charge in [-0.15, -0.1) is 0 Å². The number of nitrogens with one attached hydrogen (secondary N) is 1. The third-order valence-electron chi connectivity index (χ3n) is 3.94. The number of aromatic nitrogens is 2. The van der Waals surface area contributed by atoms with E-state index in [4.69, 9.17) is 0 Å². The number of hydrogen-bond donors (Lipinski definition) is 1. The minimum atomic E-state index is 0.844. The van der Waals surface area contributed by atoms with Crippen LogP contribution in [0.3, 0.4) is 0 Å². The van der Waals surface area contributed by atoms with Crippen LogP contribution in [0.1, 0.15) is 42.2 Å². The highest BCUT2D eigenvalue weighted by Gasteiger charge is 2.36. The van der Waals surface area contributed by atoms with Crippen LogP contribution in [-0.4, -0.2) is 9.97 Å². The Labute approximate surface area is 82.4 Å². The number of H-pyrrole nitrogens is 1. The number of rotatable bonds is 0. The maximum atomic E-state index is 4.32. The van der Waals surface area contributed by atoms with Crippen LogP contribution in [0.4, 0.5) is 0 Å². The van der Waals surface area contributed by atoms with Gasteiger partial charge in [0.15, 0.2) is 0 Å². The second-order valence-corrected chi connectivity index (χ2v) is 4.61. The van der Waals surface area contributed by atoms with E-state index in [9.17, 15) is 0 Å². The fraction of sp³-hybridized carbons (Fsp3) is 0.417. The zero-order valence-electron chi connectivity index (χ0n) is 7.96. The fourth-order valence-electron chi connectivity index (χ4n) is 3.27. The summed E-state index contributed by atoms with van der Waals surface area (Å²) in [5.74, 6) is 1.69. The summed E-state index contributed by atoms with van der Waals surface area (Å²) in [4.78, 5) is 7.52. The van der Waals surface area contributed by atoms with Crippen LogP contribution in [0.2, 0.25) is 0 Å². The molecule has 1 heterocycles. The molecule has 0 spiro atoms. The highest BCUT2D eigenvalue weighted by Crippen LogP contribution is 2.53. The molecule has 2 atom stereocenters. The van der Waals surface area contributed by atoms with Gasteiger partial charge in [0.25, 0.3) is 0 Å². The van der Waals surface area contributed by atoms with Crippen molar-refractivity contribution in [2.45, 2.75) is 31.1 Å². The van der Waals surface area contributed by atoms with Crippen LogP contribution in [0.15, 0.2) is 18.5 Å². The van der Waals surface area contributed by atoms with Gasteiger partial charge >= 0.3 is 0 Å². The molecule has 14 heavy (non-hydrogen) atoms. The van der Waals surface area contributed by atoms with Crippen molar-refractivity contribution in [1.82, 2.24) is 9.97 Å². The van der Waals surface area contributed by atoms with Crippen molar-refractivity contribution in [2.75, 3.05) is 0 Å². The van der Waals surface area contributed by atoms with E-state index in [0.29, 0.717) is 0 Å². The molecule has 0 amide bonds. The van der Waals surface area contributed by atoms with E-state index in [1.54, 1.807) is 17.5 Å². The summed E-state index contributed by atoms with van der Waals surface area (Å²) in [7, 11) is 0. The van der Waals surface area contributed by atoms with Gasteiger partial charge in [-0.2, -0.15) is 0 Å². The zero-order valence-corrected chi connectivity index (χ0v) is 7.96. The van der Waals surface area contributed by atoms with Gasteiger partial charge in [-0.05, 0) is 54.4 Å². The highest BCUT2D eigenvalue weighted by molar-refractivity contribution is 5.77. The maximum Gasteiger partial charge on any atom is 0.0931 e. The molecule has 0 radical (unpaired) electrons. The smallest absolute Gasteiger partial charge is 0.0931 e. The van der Waals surface area contributed by atoms with Gasteiger partial charge in [-0.1, -0.05) is 0 Å². The van der Waals surface area contributed by atoms with Crippen LogP contribution in [-0.2, 0) is 0 Å². The Hall–Kier alpha value is -1.31. The SMILES string of the molecule is c1nc2cc3c(cc2[nH]1)C1CCC3C1. The van der Waals surface area contributed by atoms with Gasteiger partial charge in [-0.25, -0.2) is 4.98 Å². The molecule has 2 unspecified atom stereocenters. The van der Waals surface area contributed by atoms with E-state index >= 15 is 0 Å². The molecule has 1 saturated carbocycles. The number of aromatic amines is 1. The molecular formula is C12H12N2. The Morgan fingerprint density at radius 2 is 1.93 bits per heavy atom. The molecule has 2 heteroatoms. The average Bonchev–Trinajstić information content (AvgIpc) is 2.90. The molecule has 0 saturated heterocycles. The molecule has 1 aromatic carbocycles. The lowest BCUT2D eigenvalue weighted by atomic mass is 9.91. The van der Waals surface area contributed by atoms with E-state index < -0.39 is 0 Å². The van der Waals surface area contributed by atoms with Crippen LogP contribution in [0.5, 0.6) is 0 Å². The van der Waals surface area contributed by atoms with Gasteiger partial charge in [0.05, 0.1) is 17.4 Å². The highest BCUT2D eigenvalue weighted by atomic mass is 14.9. The Morgan fingerprint density at radius 3 is 2.79 bits per heavy atom. The average molecular weight is 184 g/mol. The van der Waals surface area contributed by atoms with Crippen molar-refractivity contribution in [2.24, 2.45) is 0 Å². The van der Waals surface area contributed by atoms with Crippen LogP contribution in [0, 0.1) is 0 Å². The molecule has 1 N–H and O–H groups in total. The molecule has 2 nitrogen and oxygen atoms in total. The third-order valence-corrected chi connectivity index (χ3v) is 3.94. The summed E-state index contributed by atoms with van der Waals surface area (Å²) >= 11 is 0. The third kappa shape index (κ3) is 0.707. The van der Waals surface area contributed by atoms with E-state index in [-0.39, 0.29) is 0 Å². The molecule has 2 aliphatic rings. The van der Waals surface area contributed by atoms with Crippen LogP contribution in [0.25, 0.3) is 11.0 Å². The Morgan fingerprint density at radius 1 is 1.14 bits per heavy atom. The van der Waals surface area contributed by atoms with Gasteiger partial charge < -0.3 is 4.98 Å². The maximum absolute atomic E-state index is 4.32. The van der Waals surface area contributed by atoms with Gasteiger partial charge in [0.1, 0.15) is 0 Å². The minimum Gasteiger partial charge on any atom is -0.345 e. The number of fused-ring (bicyclic) bond motifs is 6. The number of benzene rings is 1. The fourth-order valence-corrected chi connectivity index (χ4v) is 3.27. The first-order valence-electron chi connectivity index (χ1n) is 5.39. The van der Waals surface area contributed by atoms with Crippen LogP contribution < -0.4 is 0 Å². The number of imidazole rings is 1. The summed E-state index contributed by atoms with van der Waals surface area (Å²) in [6.45, 7) is 0. The quantitative estimate of drug-likeness (QED) is 0.670. The summed E-state index contributed by atoms with van der Waals surface area (Å²) in [6, 6.07) is 4.62. The van der Waals surface area contributed by atoms with E-state index in [1.165, 1.54) is 24.8 Å². The molecule has 0 aliphatic heterocycles. The van der Waals surface area contributed by atoms with Crippen molar-refractivity contribution in [3.8, 4) is 0 Å². The molecular weight excluding hydrogens is 172 g/mol. The first kappa shape index (κ1) is 7.04. The monoisotopic (exact) mass is 184 g/mol. The summed E-state index contributed by atoms with van der Waals surface area (Å²) in [6.07, 6.45) is 5.98.